The van der Waals surface area contributed by atoms with Crippen LogP contribution in [0.3, 0.4) is 0 Å². The molecule has 0 radical (unpaired) electrons. The van der Waals surface area contributed by atoms with Crippen molar-refractivity contribution in [2.45, 2.75) is 26.2 Å². The third-order valence-electron chi connectivity index (χ3n) is 4.29. The molecule has 0 aliphatic rings. The van der Waals surface area contributed by atoms with Crippen LogP contribution in [0, 0.1) is 17.5 Å². The third-order valence-corrected chi connectivity index (χ3v) is 4.29. The van der Waals surface area contributed by atoms with Crippen molar-refractivity contribution in [1.29, 1.82) is 0 Å². The molecule has 1 amide bonds. The summed E-state index contributed by atoms with van der Waals surface area (Å²) in [7, 11) is 0. The minimum absolute atomic E-state index is 0.0896. The van der Waals surface area contributed by atoms with Crippen molar-refractivity contribution in [2.24, 2.45) is 0 Å². The van der Waals surface area contributed by atoms with Crippen LogP contribution in [0.15, 0.2) is 36.4 Å². The molecule has 0 aliphatic carbocycles. The zero-order valence-electron chi connectivity index (χ0n) is 14.3. The average molecular weight is 360 g/mol. The zero-order chi connectivity index (χ0) is 18.7. The van der Waals surface area contributed by atoms with Gasteiger partial charge in [-0.25, -0.2) is 13.2 Å². The number of fused-ring (bicyclic) bond motifs is 1. The fourth-order valence-electron chi connectivity index (χ4n) is 3.09. The van der Waals surface area contributed by atoms with Crippen LogP contribution in [0.1, 0.15) is 25.3 Å². The SMILES string of the molecule is CC(=O)NCCCCc1c(-c2ccc(F)cc2)[nH]c2c(F)cc(F)cc12. The molecule has 6 heteroatoms. The summed E-state index contributed by atoms with van der Waals surface area (Å²) in [6.45, 7) is 2.00. The first-order valence-corrected chi connectivity index (χ1v) is 8.45. The molecule has 0 aliphatic heterocycles. The lowest BCUT2D eigenvalue weighted by Gasteiger charge is -2.06. The van der Waals surface area contributed by atoms with Crippen molar-refractivity contribution in [3.63, 3.8) is 0 Å². The van der Waals surface area contributed by atoms with Crippen LogP contribution in [0.25, 0.3) is 22.2 Å². The summed E-state index contributed by atoms with van der Waals surface area (Å²) in [6.07, 6.45) is 2.06. The van der Waals surface area contributed by atoms with Gasteiger partial charge < -0.3 is 10.3 Å². The van der Waals surface area contributed by atoms with Gasteiger partial charge in [-0.3, -0.25) is 4.79 Å². The predicted octanol–water partition coefficient (Wildman–Crippen LogP) is 4.71. The van der Waals surface area contributed by atoms with E-state index in [9.17, 15) is 18.0 Å². The largest absolute Gasteiger partial charge is 0.356 e. The number of carbonyl (C=O) groups excluding carboxylic acids is 1. The van der Waals surface area contributed by atoms with E-state index in [1.165, 1.54) is 25.1 Å². The van der Waals surface area contributed by atoms with Gasteiger partial charge in [0.1, 0.15) is 17.5 Å². The van der Waals surface area contributed by atoms with E-state index in [1.54, 1.807) is 12.1 Å². The molecule has 1 aromatic heterocycles. The highest BCUT2D eigenvalue weighted by Gasteiger charge is 2.17. The second-order valence-electron chi connectivity index (χ2n) is 6.24. The molecule has 136 valence electrons. The van der Waals surface area contributed by atoms with Crippen LogP contribution >= 0.6 is 0 Å². The van der Waals surface area contributed by atoms with Crippen LogP contribution in [-0.2, 0) is 11.2 Å². The molecule has 3 rings (SSSR count). The topological polar surface area (TPSA) is 44.9 Å². The smallest absolute Gasteiger partial charge is 0.216 e. The Morgan fingerprint density at radius 1 is 1.04 bits per heavy atom. The lowest BCUT2D eigenvalue weighted by atomic mass is 10.00. The first kappa shape index (κ1) is 18.0. The summed E-state index contributed by atoms with van der Waals surface area (Å²) in [5.41, 5.74) is 2.39. The quantitative estimate of drug-likeness (QED) is 0.614. The summed E-state index contributed by atoms with van der Waals surface area (Å²) >= 11 is 0. The number of aryl methyl sites for hydroxylation is 1. The molecular weight excluding hydrogens is 341 g/mol. The molecule has 26 heavy (non-hydrogen) atoms. The molecule has 0 saturated heterocycles. The number of amides is 1. The van der Waals surface area contributed by atoms with Crippen molar-refractivity contribution in [2.75, 3.05) is 6.54 Å². The first-order valence-electron chi connectivity index (χ1n) is 8.45. The van der Waals surface area contributed by atoms with E-state index in [1.807, 2.05) is 0 Å². The molecule has 0 fully saturated rings. The number of nitrogens with one attached hydrogen (secondary N) is 2. The Hall–Kier alpha value is -2.76. The Balaban J connectivity index is 1.95. The van der Waals surface area contributed by atoms with Gasteiger partial charge in [-0.15, -0.1) is 0 Å². The number of aromatic amines is 1. The zero-order valence-corrected chi connectivity index (χ0v) is 14.3. The molecule has 3 nitrogen and oxygen atoms in total. The third kappa shape index (κ3) is 3.90. The fourth-order valence-corrected chi connectivity index (χ4v) is 3.09. The number of aromatic nitrogens is 1. The molecule has 0 spiro atoms. The predicted molar refractivity (Wildman–Crippen MR) is 95.2 cm³/mol. The van der Waals surface area contributed by atoms with E-state index >= 15 is 0 Å². The van der Waals surface area contributed by atoms with E-state index < -0.39 is 11.6 Å². The summed E-state index contributed by atoms with van der Waals surface area (Å²) in [6, 6.07) is 8.03. The highest BCUT2D eigenvalue weighted by atomic mass is 19.1. The number of carbonyl (C=O) groups is 1. The number of hydrogen-bond donors (Lipinski definition) is 2. The monoisotopic (exact) mass is 360 g/mol. The number of benzene rings is 2. The van der Waals surface area contributed by atoms with Crippen molar-refractivity contribution in [3.8, 4) is 11.3 Å². The normalized spacial score (nSPS) is 11.1. The molecule has 3 aromatic rings. The highest BCUT2D eigenvalue weighted by molar-refractivity contribution is 5.91. The van der Waals surface area contributed by atoms with Crippen molar-refractivity contribution in [1.82, 2.24) is 10.3 Å². The van der Waals surface area contributed by atoms with Crippen LogP contribution in [-0.4, -0.2) is 17.4 Å². The minimum atomic E-state index is -0.659. The van der Waals surface area contributed by atoms with Crippen LogP contribution in [0.5, 0.6) is 0 Å². The van der Waals surface area contributed by atoms with E-state index in [2.05, 4.69) is 10.3 Å². The van der Waals surface area contributed by atoms with Crippen molar-refractivity contribution >= 4 is 16.8 Å². The van der Waals surface area contributed by atoms with Crippen LogP contribution in [0.4, 0.5) is 13.2 Å². The summed E-state index contributed by atoms with van der Waals surface area (Å²) in [5, 5.41) is 3.21. The second kappa shape index (κ2) is 7.64. The fraction of sp³-hybridized carbons (Fsp3) is 0.250. The van der Waals surface area contributed by atoms with Gasteiger partial charge in [0, 0.05) is 30.6 Å². The van der Waals surface area contributed by atoms with E-state index in [4.69, 9.17) is 0 Å². The Morgan fingerprint density at radius 2 is 1.77 bits per heavy atom. The minimum Gasteiger partial charge on any atom is -0.356 e. The maximum absolute atomic E-state index is 14.2. The first-order chi connectivity index (χ1) is 12.5. The maximum Gasteiger partial charge on any atom is 0.216 e. The van der Waals surface area contributed by atoms with Gasteiger partial charge in [0.15, 0.2) is 0 Å². The lowest BCUT2D eigenvalue weighted by Crippen LogP contribution is -2.20. The number of hydrogen-bond acceptors (Lipinski definition) is 1. The average Bonchev–Trinajstić information content (AvgIpc) is 2.94. The highest BCUT2D eigenvalue weighted by Crippen LogP contribution is 2.33. The summed E-state index contributed by atoms with van der Waals surface area (Å²) in [5.74, 6) is -1.75. The van der Waals surface area contributed by atoms with E-state index in [-0.39, 0.29) is 17.2 Å². The Bertz CT molecular complexity index is 932. The Kier molecular flexibility index (Phi) is 5.30. The van der Waals surface area contributed by atoms with Gasteiger partial charge >= 0.3 is 0 Å². The van der Waals surface area contributed by atoms with Gasteiger partial charge in [0.2, 0.25) is 5.91 Å². The Labute approximate surface area is 149 Å². The molecular formula is C20H19F3N2O. The number of rotatable bonds is 6. The van der Waals surface area contributed by atoms with Crippen LogP contribution < -0.4 is 5.32 Å². The van der Waals surface area contributed by atoms with E-state index in [0.29, 0.717) is 29.6 Å². The molecule has 0 unspecified atom stereocenters. The summed E-state index contributed by atoms with van der Waals surface area (Å²) < 4.78 is 41.1. The molecule has 1 heterocycles. The molecule has 0 bridgehead atoms. The van der Waals surface area contributed by atoms with Crippen LogP contribution in [0.2, 0.25) is 0 Å². The van der Waals surface area contributed by atoms with Gasteiger partial charge in [-0.2, -0.15) is 0 Å². The van der Waals surface area contributed by atoms with Crippen molar-refractivity contribution in [3.05, 3.63) is 59.4 Å². The molecule has 2 N–H and O–H groups in total. The molecule has 2 aromatic carbocycles. The van der Waals surface area contributed by atoms with Crippen molar-refractivity contribution < 1.29 is 18.0 Å². The number of unbranched alkanes of at least 4 members (excludes halogenated alkanes) is 1. The standard InChI is InChI=1S/C20H19F3N2O/c1-12(26)24-9-3-2-4-16-17-10-15(22)11-18(23)20(17)25-19(16)13-5-7-14(21)8-6-13/h5-8,10-11,25H,2-4,9H2,1H3,(H,24,26). The van der Waals surface area contributed by atoms with E-state index in [0.717, 1.165) is 24.5 Å². The maximum atomic E-state index is 14.2. The summed E-state index contributed by atoms with van der Waals surface area (Å²) in [4.78, 5) is 13.9. The van der Waals surface area contributed by atoms with Gasteiger partial charge in [-0.1, -0.05) is 0 Å². The molecule has 0 atom stereocenters. The van der Waals surface area contributed by atoms with Gasteiger partial charge in [0.25, 0.3) is 0 Å². The molecule has 0 saturated carbocycles. The number of halogens is 3. The lowest BCUT2D eigenvalue weighted by molar-refractivity contribution is -0.118. The number of H-pyrrole nitrogens is 1. The second-order valence-corrected chi connectivity index (χ2v) is 6.24. The van der Waals surface area contributed by atoms with Gasteiger partial charge in [-0.05, 0) is 60.7 Å². The van der Waals surface area contributed by atoms with Gasteiger partial charge in [0.05, 0.1) is 5.52 Å². The Morgan fingerprint density at radius 3 is 2.46 bits per heavy atom.